The smallest absolute Gasteiger partial charge is 0.268 e. The summed E-state index contributed by atoms with van der Waals surface area (Å²) in [6.45, 7) is 3.14. The van der Waals surface area contributed by atoms with Crippen LogP contribution in [0, 0.1) is 0 Å². The number of nitrogens with zero attached hydrogens (tertiary/aromatic N) is 1. The number of rotatable bonds is 6. The van der Waals surface area contributed by atoms with Crippen LogP contribution in [0.3, 0.4) is 0 Å². The van der Waals surface area contributed by atoms with Gasteiger partial charge in [-0.15, -0.1) is 12.4 Å². The predicted octanol–water partition coefficient (Wildman–Crippen LogP) is 0.948. The number of anilines is 1. The van der Waals surface area contributed by atoms with Crippen LogP contribution < -0.4 is 20.3 Å². The van der Waals surface area contributed by atoms with Crippen LogP contribution in [-0.2, 0) is 9.59 Å². The van der Waals surface area contributed by atoms with Crippen molar-refractivity contribution in [2.75, 3.05) is 31.6 Å². The van der Waals surface area contributed by atoms with Gasteiger partial charge in [0.05, 0.1) is 5.69 Å². The molecule has 1 heterocycles. The number of para-hydroxylation sites is 2. The molecule has 0 saturated heterocycles. The van der Waals surface area contributed by atoms with Crippen molar-refractivity contribution in [1.82, 2.24) is 10.6 Å². The molecule has 1 aromatic carbocycles. The minimum atomic E-state index is -0.572. The Labute approximate surface area is 136 Å². The lowest BCUT2D eigenvalue weighted by Crippen LogP contribution is -2.48. The largest absolute Gasteiger partial charge is 0.479 e. The van der Waals surface area contributed by atoms with E-state index in [0.29, 0.717) is 18.0 Å². The molecule has 0 spiro atoms. The second kappa shape index (κ2) is 8.60. The average Bonchev–Trinajstić information content (AvgIpc) is 2.48. The first-order valence-electron chi connectivity index (χ1n) is 7.12. The Balaban J connectivity index is 0.00000242. The number of carbonyl (C=O) groups excluding carboxylic acids is 2. The lowest BCUT2D eigenvalue weighted by atomic mass is 10.2. The normalized spacial score (nSPS) is 16.4. The molecule has 2 rings (SSSR count). The van der Waals surface area contributed by atoms with Crippen molar-refractivity contribution in [3.63, 3.8) is 0 Å². The quantitative estimate of drug-likeness (QED) is 0.763. The van der Waals surface area contributed by atoms with Gasteiger partial charge in [0.2, 0.25) is 5.91 Å². The van der Waals surface area contributed by atoms with Gasteiger partial charge in [0.15, 0.2) is 6.10 Å². The third-order valence-electron chi connectivity index (χ3n) is 3.30. The van der Waals surface area contributed by atoms with Gasteiger partial charge < -0.3 is 15.4 Å². The first-order chi connectivity index (χ1) is 10.1. The van der Waals surface area contributed by atoms with Gasteiger partial charge in [0.25, 0.3) is 5.91 Å². The van der Waals surface area contributed by atoms with Crippen molar-refractivity contribution in [2.24, 2.45) is 0 Å². The summed E-state index contributed by atoms with van der Waals surface area (Å²) < 4.78 is 5.54. The molecule has 0 fully saturated rings. The molecule has 0 aliphatic carbocycles. The van der Waals surface area contributed by atoms with E-state index in [-0.39, 0.29) is 30.8 Å². The molecule has 1 aliphatic rings. The van der Waals surface area contributed by atoms with E-state index in [2.05, 4.69) is 10.6 Å². The zero-order chi connectivity index (χ0) is 15.2. The molecule has 0 aromatic heterocycles. The number of ether oxygens (including phenoxy) is 1. The second-order valence-electron chi connectivity index (χ2n) is 4.96. The Bertz CT molecular complexity index is 525. The van der Waals surface area contributed by atoms with Crippen molar-refractivity contribution in [1.29, 1.82) is 0 Å². The summed E-state index contributed by atoms with van der Waals surface area (Å²) in [5.41, 5.74) is 0.644. The fourth-order valence-electron chi connectivity index (χ4n) is 2.21. The molecule has 0 bridgehead atoms. The van der Waals surface area contributed by atoms with Crippen molar-refractivity contribution in [3.8, 4) is 5.75 Å². The molecule has 1 atom stereocenters. The van der Waals surface area contributed by atoms with Crippen LogP contribution in [0.1, 0.15) is 13.3 Å². The number of hydrogen-bond acceptors (Lipinski definition) is 4. The van der Waals surface area contributed by atoms with Crippen molar-refractivity contribution < 1.29 is 14.3 Å². The van der Waals surface area contributed by atoms with Crippen LogP contribution in [0.4, 0.5) is 5.69 Å². The molecule has 2 N–H and O–H groups in total. The monoisotopic (exact) mass is 327 g/mol. The van der Waals surface area contributed by atoms with Gasteiger partial charge in [-0.1, -0.05) is 12.1 Å². The van der Waals surface area contributed by atoms with Gasteiger partial charge in [0, 0.05) is 6.54 Å². The number of carbonyl (C=O) groups is 2. The van der Waals surface area contributed by atoms with Crippen LogP contribution in [0.5, 0.6) is 5.75 Å². The highest BCUT2D eigenvalue weighted by Crippen LogP contribution is 2.33. The number of nitrogens with one attached hydrogen (secondary N) is 2. The predicted molar refractivity (Wildman–Crippen MR) is 87.7 cm³/mol. The van der Waals surface area contributed by atoms with E-state index in [4.69, 9.17) is 4.74 Å². The molecule has 122 valence electrons. The molecule has 22 heavy (non-hydrogen) atoms. The van der Waals surface area contributed by atoms with Gasteiger partial charge in [-0.3, -0.25) is 14.5 Å². The Kier molecular flexibility index (Phi) is 7.14. The molecular weight excluding hydrogens is 306 g/mol. The van der Waals surface area contributed by atoms with E-state index >= 15 is 0 Å². The molecular formula is C15H22ClN3O3. The molecule has 7 heteroatoms. The summed E-state index contributed by atoms with van der Waals surface area (Å²) in [4.78, 5) is 25.7. The Hall–Kier alpha value is -1.79. The van der Waals surface area contributed by atoms with Crippen LogP contribution in [0.25, 0.3) is 0 Å². The van der Waals surface area contributed by atoms with Gasteiger partial charge in [0.1, 0.15) is 12.3 Å². The SMILES string of the molecule is CNCCCNC(=O)CN1C(=O)C(C)Oc2ccccc21.Cl. The average molecular weight is 328 g/mol. The molecule has 2 amide bonds. The van der Waals surface area contributed by atoms with E-state index in [1.165, 1.54) is 4.90 Å². The van der Waals surface area contributed by atoms with E-state index in [0.717, 1.165) is 13.0 Å². The molecule has 0 radical (unpaired) electrons. The highest BCUT2D eigenvalue weighted by atomic mass is 35.5. The first kappa shape index (κ1) is 18.3. The number of hydrogen-bond donors (Lipinski definition) is 2. The summed E-state index contributed by atoms with van der Waals surface area (Å²) in [6.07, 6.45) is 0.281. The summed E-state index contributed by atoms with van der Waals surface area (Å²) in [6, 6.07) is 7.25. The lowest BCUT2D eigenvalue weighted by Gasteiger charge is -2.32. The van der Waals surface area contributed by atoms with Crippen LogP contribution >= 0.6 is 12.4 Å². The zero-order valence-electron chi connectivity index (χ0n) is 12.8. The molecule has 1 aromatic rings. The maximum atomic E-state index is 12.2. The van der Waals surface area contributed by atoms with E-state index < -0.39 is 6.10 Å². The van der Waals surface area contributed by atoms with Gasteiger partial charge in [-0.05, 0) is 39.1 Å². The van der Waals surface area contributed by atoms with Crippen molar-refractivity contribution in [2.45, 2.75) is 19.4 Å². The Morgan fingerprint density at radius 3 is 2.77 bits per heavy atom. The third kappa shape index (κ3) is 4.35. The summed E-state index contributed by atoms with van der Waals surface area (Å²) >= 11 is 0. The molecule has 0 saturated carbocycles. The fourth-order valence-corrected chi connectivity index (χ4v) is 2.21. The zero-order valence-corrected chi connectivity index (χ0v) is 13.6. The van der Waals surface area contributed by atoms with E-state index in [9.17, 15) is 9.59 Å². The van der Waals surface area contributed by atoms with Gasteiger partial charge in [-0.2, -0.15) is 0 Å². The van der Waals surface area contributed by atoms with Crippen molar-refractivity contribution >= 4 is 29.9 Å². The minimum absolute atomic E-state index is 0. The maximum Gasteiger partial charge on any atom is 0.268 e. The number of halogens is 1. The topological polar surface area (TPSA) is 70.7 Å². The summed E-state index contributed by atoms with van der Waals surface area (Å²) in [7, 11) is 1.87. The lowest BCUT2D eigenvalue weighted by molar-refractivity contribution is -0.128. The van der Waals surface area contributed by atoms with Crippen LogP contribution in [-0.4, -0.2) is 44.6 Å². The Morgan fingerprint density at radius 2 is 2.05 bits per heavy atom. The van der Waals surface area contributed by atoms with Crippen LogP contribution in [0.2, 0.25) is 0 Å². The van der Waals surface area contributed by atoms with Crippen molar-refractivity contribution in [3.05, 3.63) is 24.3 Å². The second-order valence-corrected chi connectivity index (χ2v) is 4.96. The fraction of sp³-hybridized carbons (Fsp3) is 0.467. The highest BCUT2D eigenvalue weighted by Gasteiger charge is 2.32. The van der Waals surface area contributed by atoms with E-state index in [1.807, 2.05) is 19.2 Å². The number of amides is 2. The number of benzene rings is 1. The molecule has 1 aliphatic heterocycles. The standard InChI is InChI=1S/C15H21N3O3.ClH/c1-11-15(20)18(10-14(19)17-9-5-8-16-2)12-6-3-4-7-13(12)21-11;/h3-4,6-7,11,16H,5,8-10H2,1-2H3,(H,17,19);1H. The van der Waals surface area contributed by atoms with Crippen LogP contribution in [0.15, 0.2) is 24.3 Å². The Morgan fingerprint density at radius 1 is 1.32 bits per heavy atom. The third-order valence-corrected chi connectivity index (χ3v) is 3.30. The van der Waals surface area contributed by atoms with Gasteiger partial charge in [-0.25, -0.2) is 0 Å². The first-order valence-corrected chi connectivity index (χ1v) is 7.12. The minimum Gasteiger partial charge on any atom is -0.479 e. The maximum absolute atomic E-state index is 12.2. The highest BCUT2D eigenvalue weighted by molar-refractivity contribution is 6.03. The summed E-state index contributed by atoms with van der Waals surface area (Å²) in [5, 5.41) is 5.83. The molecule has 6 nitrogen and oxygen atoms in total. The molecule has 1 unspecified atom stereocenters. The number of fused-ring (bicyclic) bond motifs is 1. The summed E-state index contributed by atoms with van der Waals surface area (Å²) in [5.74, 6) is 0.273. The van der Waals surface area contributed by atoms with Gasteiger partial charge >= 0.3 is 0 Å². The van der Waals surface area contributed by atoms with E-state index in [1.54, 1.807) is 19.1 Å².